The van der Waals surface area contributed by atoms with Gasteiger partial charge in [-0.3, -0.25) is 5.09 Å². The summed E-state index contributed by atoms with van der Waals surface area (Å²) in [5, 5.41) is 2.89. The second kappa shape index (κ2) is 8.19. The summed E-state index contributed by atoms with van der Waals surface area (Å²) >= 11 is 0. The Labute approximate surface area is 159 Å². The molecule has 0 radical (unpaired) electrons. The molecular weight excluding hydrogens is 361 g/mol. The molecule has 0 fully saturated rings. The van der Waals surface area contributed by atoms with Gasteiger partial charge in [0.1, 0.15) is 17.2 Å². The molecule has 5 nitrogen and oxygen atoms in total. The number of benzene rings is 3. The van der Waals surface area contributed by atoms with E-state index in [0.717, 1.165) is 11.1 Å². The first-order chi connectivity index (χ1) is 13.0. The normalized spacial score (nSPS) is 10.9. The highest BCUT2D eigenvalue weighted by Gasteiger charge is 2.29. The number of aryl methyl sites for hydroxylation is 2. The van der Waals surface area contributed by atoms with Gasteiger partial charge in [0.2, 0.25) is 0 Å². The molecule has 1 N–H and O–H groups in total. The highest BCUT2D eigenvalue weighted by Crippen LogP contribution is 2.48. The second-order valence-corrected chi connectivity index (χ2v) is 7.73. The van der Waals surface area contributed by atoms with Crippen molar-refractivity contribution in [3.05, 3.63) is 83.9 Å². The van der Waals surface area contributed by atoms with E-state index < -0.39 is 7.75 Å². The van der Waals surface area contributed by atoms with E-state index in [0.29, 0.717) is 22.9 Å². The molecule has 0 aliphatic rings. The van der Waals surface area contributed by atoms with Gasteiger partial charge in [-0.1, -0.05) is 41.5 Å². The quantitative estimate of drug-likeness (QED) is 0.508. The zero-order valence-electron chi connectivity index (χ0n) is 15.5. The van der Waals surface area contributed by atoms with Crippen molar-refractivity contribution in [1.29, 1.82) is 0 Å². The van der Waals surface area contributed by atoms with E-state index in [1.54, 1.807) is 55.6 Å². The number of nitrogens with one attached hydrogen (secondary N) is 1. The van der Waals surface area contributed by atoms with Gasteiger partial charge >= 0.3 is 7.75 Å². The molecule has 3 aromatic rings. The maximum Gasteiger partial charge on any atom is 0.541 e. The Morgan fingerprint density at radius 3 is 1.74 bits per heavy atom. The summed E-state index contributed by atoms with van der Waals surface area (Å²) in [6.07, 6.45) is 0. The maximum absolute atomic E-state index is 13.5. The Morgan fingerprint density at radius 1 is 0.741 bits per heavy atom. The van der Waals surface area contributed by atoms with Gasteiger partial charge in [-0.2, -0.15) is 0 Å². The van der Waals surface area contributed by atoms with Crippen LogP contribution >= 0.6 is 7.75 Å². The van der Waals surface area contributed by atoms with Crippen molar-refractivity contribution in [1.82, 2.24) is 0 Å². The van der Waals surface area contributed by atoms with E-state index >= 15 is 0 Å². The third kappa shape index (κ3) is 5.28. The number of hydrogen-bond donors (Lipinski definition) is 1. The molecule has 3 aromatic carbocycles. The van der Waals surface area contributed by atoms with Crippen LogP contribution in [0.3, 0.4) is 0 Å². The van der Waals surface area contributed by atoms with E-state index in [1.807, 2.05) is 38.1 Å². The van der Waals surface area contributed by atoms with Crippen LogP contribution in [0.25, 0.3) is 0 Å². The van der Waals surface area contributed by atoms with E-state index in [1.165, 1.54) is 0 Å². The maximum atomic E-state index is 13.5. The van der Waals surface area contributed by atoms with Crippen LogP contribution < -0.4 is 18.9 Å². The van der Waals surface area contributed by atoms with Crippen molar-refractivity contribution in [2.24, 2.45) is 0 Å². The summed E-state index contributed by atoms with van der Waals surface area (Å²) in [7, 11) is -2.18. The predicted molar refractivity (Wildman–Crippen MR) is 108 cm³/mol. The van der Waals surface area contributed by atoms with E-state index in [-0.39, 0.29) is 0 Å². The average molecular weight is 383 g/mol. The predicted octanol–water partition coefficient (Wildman–Crippen LogP) is 5.99. The fourth-order valence-electron chi connectivity index (χ4n) is 2.39. The molecule has 0 atom stereocenters. The van der Waals surface area contributed by atoms with Crippen LogP contribution in [-0.2, 0) is 4.57 Å². The molecule has 0 amide bonds. The van der Waals surface area contributed by atoms with Gasteiger partial charge < -0.3 is 13.8 Å². The Kier molecular flexibility index (Phi) is 5.72. The highest BCUT2D eigenvalue weighted by molar-refractivity contribution is 7.56. The van der Waals surface area contributed by atoms with Crippen LogP contribution in [0, 0.1) is 13.8 Å². The monoisotopic (exact) mass is 383 g/mol. The second-order valence-electron chi connectivity index (χ2n) is 6.15. The minimum absolute atomic E-state index is 0.450. The topological polar surface area (TPSA) is 56.8 Å². The number of hydrogen-bond acceptors (Lipinski definition) is 4. The van der Waals surface area contributed by atoms with E-state index in [4.69, 9.17) is 13.8 Å². The first-order valence-electron chi connectivity index (χ1n) is 8.51. The summed E-state index contributed by atoms with van der Waals surface area (Å²) in [5.74, 6) is 1.54. The molecule has 0 unspecified atom stereocenters. The fourth-order valence-corrected chi connectivity index (χ4v) is 3.77. The van der Waals surface area contributed by atoms with E-state index in [9.17, 15) is 4.57 Å². The first-order valence-corrected chi connectivity index (χ1v) is 10.0. The lowest BCUT2D eigenvalue weighted by Gasteiger charge is -2.21. The zero-order valence-corrected chi connectivity index (χ0v) is 16.4. The zero-order chi connectivity index (χ0) is 19.3. The molecule has 0 aliphatic heterocycles. The fraction of sp³-hybridized carbons (Fsp3) is 0.143. The summed E-state index contributed by atoms with van der Waals surface area (Å²) in [5.41, 5.74) is 2.73. The molecule has 27 heavy (non-hydrogen) atoms. The Bertz CT molecular complexity index is 888. The van der Waals surface area contributed by atoms with Gasteiger partial charge in [-0.25, -0.2) is 4.57 Å². The third-order valence-electron chi connectivity index (χ3n) is 3.83. The SMILES string of the molecule is COc1cccc(NP(=O)(Oc2ccc(C)cc2)Oc2ccc(C)cc2)c1. The molecule has 0 spiro atoms. The summed E-state index contributed by atoms with van der Waals surface area (Å²) < 4.78 is 30.2. The van der Waals surface area contributed by atoms with Crippen LogP contribution in [0.5, 0.6) is 17.2 Å². The highest BCUT2D eigenvalue weighted by atomic mass is 31.2. The van der Waals surface area contributed by atoms with Crippen LogP contribution in [0.15, 0.2) is 72.8 Å². The lowest BCUT2D eigenvalue weighted by Crippen LogP contribution is -2.10. The number of ether oxygens (including phenoxy) is 1. The first kappa shape index (κ1) is 18.9. The standard InChI is InChI=1S/C21H22NO4P/c1-16-7-11-19(12-8-16)25-27(23,26-20-13-9-17(2)10-14-20)22-18-5-4-6-21(15-18)24-3/h4-15H,1-3H3,(H,22,23). The Morgan fingerprint density at radius 2 is 1.26 bits per heavy atom. The van der Waals surface area contributed by atoms with Crippen molar-refractivity contribution >= 4 is 13.4 Å². The van der Waals surface area contributed by atoms with Crippen molar-refractivity contribution in [3.63, 3.8) is 0 Å². The lowest BCUT2D eigenvalue weighted by atomic mass is 10.2. The molecule has 0 aliphatic carbocycles. The number of rotatable bonds is 7. The summed E-state index contributed by atoms with van der Waals surface area (Å²) in [6, 6.07) is 21.7. The minimum Gasteiger partial charge on any atom is -0.497 e. The van der Waals surface area contributed by atoms with E-state index in [2.05, 4.69) is 5.09 Å². The molecule has 6 heteroatoms. The van der Waals surface area contributed by atoms with Gasteiger partial charge in [0.05, 0.1) is 7.11 Å². The van der Waals surface area contributed by atoms with Crippen molar-refractivity contribution in [3.8, 4) is 17.2 Å². The molecule has 3 rings (SSSR count). The molecular formula is C21H22NO4P. The van der Waals surface area contributed by atoms with Crippen LogP contribution in [-0.4, -0.2) is 7.11 Å². The van der Waals surface area contributed by atoms with Gasteiger partial charge in [-0.15, -0.1) is 0 Å². The van der Waals surface area contributed by atoms with Crippen LogP contribution in [0.4, 0.5) is 5.69 Å². The van der Waals surface area contributed by atoms with Crippen LogP contribution in [0.1, 0.15) is 11.1 Å². The number of methoxy groups -OCH3 is 1. The minimum atomic E-state index is -3.75. The van der Waals surface area contributed by atoms with Crippen molar-refractivity contribution in [2.45, 2.75) is 13.8 Å². The average Bonchev–Trinajstić information content (AvgIpc) is 2.65. The van der Waals surface area contributed by atoms with Gasteiger partial charge in [0, 0.05) is 11.8 Å². The molecule has 0 heterocycles. The Balaban J connectivity index is 1.89. The molecule has 0 saturated carbocycles. The number of anilines is 1. The summed E-state index contributed by atoms with van der Waals surface area (Å²) in [4.78, 5) is 0. The third-order valence-corrected chi connectivity index (χ3v) is 5.26. The molecule has 140 valence electrons. The molecule has 0 bridgehead atoms. The lowest BCUT2D eigenvalue weighted by molar-refractivity contribution is 0.392. The smallest absolute Gasteiger partial charge is 0.497 e. The van der Waals surface area contributed by atoms with Crippen LogP contribution in [0.2, 0.25) is 0 Å². The summed E-state index contributed by atoms with van der Waals surface area (Å²) in [6.45, 7) is 3.95. The van der Waals surface area contributed by atoms with Crippen molar-refractivity contribution < 1.29 is 18.3 Å². The van der Waals surface area contributed by atoms with Gasteiger partial charge in [-0.05, 0) is 50.2 Å². The largest absolute Gasteiger partial charge is 0.541 e. The molecule has 0 saturated heterocycles. The van der Waals surface area contributed by atoms with Crippen molar-refractivity contribution in [2.75, 3.05) is 12.2 Å². The Hall–Kier alpha value is -2.91. The van der Waals surface area contributed by atoms with Gasteiger partial charge in [0.15, 0.2) is 0 Å². The molecule has 0 aromatic heterocycles. The van der Waals surface area contributed by atoms with Gasteiger partial charge in [0.25, 0.3) is 0 Å².